The molecule has 0 saturated heterocycles. The summed E-state index contributed by atoms with van der Waals surface area (Å²) < 4.78 is 5.01. The number of nitrogens with zero attached hydrogens (tertiary/aromatic N) is 9. The Morgan fingerprint density at radius 3 is 2.15 bits per heavy atom. The van der Waals surface area contributed by atoms with E-state index in [1.807, 2.05) is 104 Å². The maximum atomic E-state index is 5.01. The molecule has 0 N–H and O–H groups in total. The predicted molar refractivity (Wildman–Crippen MR) is 216 cm³/mol. The van der Waals surface area contributed by atoms with Crippen LogP contribution >= 0.6 is 0 Å². The van der Waals surface area contributed by atoms with Crippen LogP contribution in [0.25, 0.3) is 17.2 Å². The third-order valence-electron chi connectivity index (χ3n) is 8.54. The zero-order valence-electron chi connectivity index (χ0n) is 29.6. The highest BCUT2D eigenvalue weighted by molar-refractivity contribution is 5.84. The van der Waals surface area contributed by atoms with E-state index in [-0.39, 0.29) is 0 Å². The zero-order valence-corrected chi connectivity index (χ0v) is 29.6. The molecule has 7 aromatic rings. The molecule has 0 bridgehead atoms. The predicted octanol–water partition coefficient (Wildman–Crippen LogP) is 10.1. The van der Waals surface area contributed by atoms with Crippen LogP contribution in [0.1, 0.15) is 39.2 Å². The molecule has 4 aromatic heterocycles. The van der Waals surface area contributed by atoms with Crippen LogP contribution in [-0.2, 0) is 32.4 Å². The lowest BCUT2D eigenvalue weighted by atomic mass is 10.1. The largest absolute Gasteiger partial charge is 0.443 e. The van der Waals surface area contributed by atoms with E-state index >= 15 is 0 Å². The summed E-state index contributed by atoms with van der Waals surface area (Å²) in [6.45, 7) is 1.63. The van der Waals surface area contributed by atoms with Crippen molar-refractivity contribution < 1.29 is 4.42 Å². The van der Waals surface area contributed by atoms with Gasteiger partial charge in [0, 0.05) is 62.1 Å². The molecule has 0 saturated carbocycles. The zero-order chi connectivity index (χ0) is 36.6. The summed E-state index contributed by atoms with van der Waals surface area (Å²) in [7, 11) is 0. The number of oxazole rings is 1. The normalized spacial score (nSPS) is 13.2. The second-order valence-corrected chi connectivity index (χ2v) is 12.2. The van der Waals surface area contributed by atoms with Crippen LogP contribution < -0.4 is 0 Å². The minimum absolute atomic E-state index is 0.760. The van der Waals surface area contributed by atoms with Gasteiger partial charge in [-0.15, -0.1) is 0 Å². The second kappa shape index (κ2) is 18.4. The van der Waals surface area contributed by atoms with Crippen molar-refractivity contribution in [3.63, 3.8) is 0 Å². The molecule has 0 fully saturated rings. The summed E-state index contributed by atoms with van der Waals surface area (Å²) in [6, 6.07) is 33.9. The molecule has 0 unspecified atom stereocenters. The van der Waals surface area contributed by atoms with Crippen LogP contribution in [0, 0.1) is 0 Å². The molecule has 0 radical (unpaired) electrons. The van der Waals surface area contributed by atoms with Gasteiger partial charge >= 0.3 is 0 Å². The topological polar surface area (TPSA) is 126 Å². The van der Waals surface area contributed by atoms with Crippen LogP contribution in [0.5, 0.6) is 0 Å². The van der Waals surface area contributed by atoms with Gasteiger partial charge in [-0.05, 0) is 64.7 Å². The number of rotatable bonds is 0. The highest BCUT2D eigenvalue weighted by Crippen LogP contribution is 2.25. The van der Waals surface area contributed by atoms with Gasteiger partial charge in [0.05, 0.1) is 47.7 Å². The van der Waals surface area contributed by atoms with Gasteiger partial charge in [0.1, 0.15) is 5.52 Å². The Hall–Kier alpha value is -7.07. The average Bonchev–Trinajstić information content (AvgIpc) is 4.09. The molecule has 0 atom stereocenters. The number of allylic oxidation sites excluding steroid dienone is 1. The highest BCUT2D eigenvalue weighted by atomic mass is 16.3. The lowest BCUT2D eigenvalue weighted by Crippen LogP contribution is -1.83. The summed E-state index contributed by atoms with van der Waals surface area (Å²) in [5.74, 6) is 0. The van der Waals surface area contributed by atoms with E-state index in [2.05, 4.69) is 81.6 Å². The number of hydrogen-bond donors (Lipinski definition) is 0. The number of hydrogen-bond acceptors (Lipinski definition) is 10. The van der Waals surface area contributed by atoms with Gasteiger partial charge in [0.2, 0.25) is 0 Å². The molecule has 10 heteroatoms. The van der Waals surface area contributed by atoms with Crippen molar-refractivity contribution in [1.29, 1.82) is 0 Å². The summed E-state index contributed by atoms with van der Waals surface area (Å²) >= 11 is 0. The van der Waals surface area contributed by atoms with Crippen LogP contribution in [0.2, 0.25) is 0 Å². The van der Waals surface area contributed by atoms with E-state index in [1.165, 1.54) is 39.9 Å². The standard InChI is InChI=1S/2C8H7N.3C7H6N2.C7H5NO/c1-3-7-4-2-6-9-8(7)5-1;1-2-4-8-6-9-5-7(8)3-1;1-3-8-5-7-6(1)2-4-9-7;1-2-6-7(8-4-1)3-5-9-6;1-2-4-7-6(3-1)5-8-9-7;1-2-4-7-6(3-1)8-5-9-7/h1-4,6H,5H2;1-5H,6H2;1,3-5H,2H2;1-2,4-5H,3H2;1-4H,5H2;1-5H. The Labute approximate surface area is 313 Å². The van der Waals surface area contributed by atoms with Gasteiger partial charge in [-0.2, -0.15) is 10.2 Å². The Morgan fingerprint density at radius 2 is 1.30 bits per heavy atom. The van der Waals surface area contributed by atoms with E-state index in [0.717, 1.165) is 66.2 Å². The molecule has 4 aliphatic heterocycles. The number of aliphatic imine (C=N–C) groups is 3. The molecule has 54 heavy (non-hydrogen) atoms. The number of azo groups is 1. The maximum absolute atomic E-state index is 5.01. The highest BCUT2D eigenvalue weighted by Gasteiger charge is 2.06. The third-order valence-corrected chi connectivity index (χ3v) is 8.54. The smallest absolute Gasteiger partial charge is 0.181 e. The van der Waals surface area contributed by atoms with Crippen LogP contribution in [0.4, 0.5) is 17.1 Å². The Balaban J connectivity index is 0.0000001000. The van der Waals surface area contributed by atoms with E-state index < -0.39 is 0 Å². The molecule has 264 valence electrons. The van der Waals surface area contributed by atoms with E-state index in [4.69, 9.17) is 4.42 Å². The number of pyridine rings is 3. The lowest BCUT2D eigenvalue weighted by molar-refractivity contribution is 0.602. The quantitative estimate of drug-likeness (QED) is 0.155. The number of fused-ring (bicyclic) bond motifs is 6. The summed E-state index contributed by atoms with van der Waals surface area (Å²) in [6.07, 6.45) is 21.5. The van der Waals surface area contributed by atoms with Crippen molar-refractivity contribution in [1.82, 2.24) is 19.9 Å². The van der Waals surface area contributed by atoms with E-state index in [1.54, 1.807) is 18.6 Å². The third kappa shape index (κ3) is 9.62. The Kier molecular flexibility index (Phi) is 12.1. The Morgan fingerprint density at radius 1 is 0.537 bits per heavy atom. The summed E-state index contributed by atoms with van der Waals surface area (Å²) in [5, 5.41) is 7.80. The first-order valence-electron chi connectivity index (χ1n) is 17.6. The van der Waals surface area contributed by atoms with E-state index in [0.29, 0.717) is 0 Å². The molecule has 0 spiro atoms. The fourth-order valence-electron chi connectivity index (χ4n) is 5.73. The van der Waals surface area contributed by atoms with Crippen LogP contribution in [-0.4, -0.2) is 38.6 Å². The minimum Gasteiger partial charge on any atom is -0.443 e. The molecule has 5 aliphatic rings. The van der Waals surface area contributed by atoms with Crippen molar-refractivity contribution in [2.24, 2.45) is 25.2 Å². The molecular weight excluding hydrogens is 671 g/mol. The Bertz CT molecular complexity index is 2110. The first-order valence-corrected chi connectivity index (χ1v) is 17.6. The monoisotopic (exact) mass is 707 g/mol. The van der Waals surface area contributed by atoms with Gasteiger partial charge in [0.25, 0.3) is 0 Å². The number of benzene rings is 3. The molecular formula is C44H37N9O. The second-order valence-electron chi connectivity index (χ2n) is 12.2. The number of para-hydroxylation sites is 2. The fourth-order valence-corrected chi connectivity index (χ4v) is 5.73. The molecule has 8 heterocycles. The minimum atomic E-state index is 0.760. The van der Waals surface area contributed by atoms with Crippen molar-refractivity contribution in [2.45, 2.75) is 32.4 Å². The van der Waals surface area contributed by atoms with Crippen molar-refractivity contribution in [3.8, 4) is 0 Å². The molecule has 10 nitrogen and oxygen atoms in total. The van der Waals surface area contributed by atoms with Gasteiger partial charge < -0.3 is 4.42 Å². The van der Waals surface area contributed by atoms with E-state index in [9.17, 15) is 0 Å². The lowest BCUT2D eigenvalue weighted by Gasteiger charge is -1.92. The van der Waals surface area contributed by atoms with Crippen molar-refractivity contribution >= 4 is 52.9 Å². The summed E-state index contributed by atoms with van der Waals surface area (Å²) in [4.78, 5) is 28.6. The van der Waals surface area contributed by atoms with Gasteiger partial charge in [-0.1, -0.05) is 72.8 Å². The number of aromatic nitrogens is 4. The molecule has 3 aromatic carbocycles. The first-order chi connectivity index (χ1) is 26.8. The molecule has 1 aliphatic carbocycles. The van der Waals surface area contributed by atoms with Gasteiger partial charge in [0.15, 0.2) is 12.0 Å². The van der Waals surface area contributed by atoms with Crippen molar-refractivity contribution in [3.05, 3.63) is 180 Å². The van der Waals surface area contributed by atoms with Gasteiger partial charge in [-0.25, -0.2) is 4.98 Å². The van der Waals surface area contributed by atoms with Crippen molar-refractivity contribution in [2.75, 3.05) is 0 Å². The first kappa shape index (κ1) is 35.3. The SMILES string of the molecule is C1=Cc2cccnc2C1.C1=NCc2ccccc21.C1=Nc2cccnc2C1.C1=Nc2cnccc2C1.c1ccc2c(c1)CN=N2.c1ccc2ocnc2c1. The molecule has 12 rings (SSSR count). The van der Waals surface area contributed by atoms with Gasteiger partial charge in [-0.3, -0.25) is 29.9 Å². The molecule has 0 amide bonds. The fraction of sp³-hybridized carbons (Fsp3) is 0.114. The summed E-state index contributed by atoms with van der Waals surface area (Å²) in [5.41, 5.74) is 13.5. The average molecular weight is 708 g/mol. The maximum Gasteiger partial charge on any atom is 0.181 e. The van der Waals surface area contributed by atoms with Crippen LogP contribution in [0.3, 0.4) is 0 Å². The van der Waals surface area contributed by atoms with Crippen LogP contribution in [0.15, 0.2) is 170 Å².